The minimum atomic E-state index is -0.525. The van der Waals surface area contributed by atoms with E-state index in [-0.39, 0.29) is 16.4 Å². The zero-order valence-electron chi connectivity index (χ0n) is 9.63. The average molecular weight is 276 g/mol. The maximum absolute atomic E-state index is 11.0. The molecule has 0 saturated carbocycles. The molecule has 0 heterocycles. The van der Waals surface area contributed by atoms with Crippen LogP contribution in [0.25, 0.3) is 0 Å². The molecule has 0 fully saturated rings. The summed E-state index contributed by atoms with van der Waals surface area (Å²) in [7, 11) is 0. The van der Waals surface area contributed by atoms with Gasteiger partial charge < -0.3 is 5.32 Å². The Kier molecular flexibility index (Phi) is 3.64. The van der Waals surface area contributed by atoms with Crippen molar-refractivity contribution in [2.24, 2.45) is 0 Å². The summed E-state index contributed by atoms with van der Waals surface area (Å²) >= 11 is 5.74. The van der Waals surface area contributed by atoms with E-state index >= 15 is 0 Å². The molecule has 0 atom stereocenters. The third-order valence-electron chi connectivity index (χ3n) is 2.47. The maximum atomic E-state index is 11.0. The standard InChI is InChI=1S/C13H8ClN3O2/c14-10-5-6-12(13(7-10)17(18)19)16-11-4-2-1-3-9(11)8-15/h1-7,16H/i8+2. The topological polar surface area (TPSA) is 79.0 Å². The highest BCUT2D eigenvalue weighted by Gasteiger charge is 2.15. The molecule has 6 heteroatoms. The monoisotopic (exact) mass is 275 g/mol. The van der Waals surface area contributed by atoms with Gasteiger partial charge in [0, 0.05) is 11.1 Å². The van der Waals surface area contributed by atoms with Gasteiger partial charge in [0.2, 0.25) is 0 Å². The summed E-state index contributed by atoms with van der Waals surface area (Å²) in [6.45, 7) is 0. The van der Waals surface area contributed by atoms with Gasteiger partial charge in [-0.1, -0.05) is 23.7 Å². The van der Waals surface area contributed by atoms with Gasteiger partial charge in [-0.25, -0.2) is 0 Å². The number of nitrogens with one attached hydrogen (secondary N) is 1. The minimum Gasteiger partial charge on any atom is -0.349 e. The van der Waals surface area contributed by atoms with Crippen molar-refractivity contribution in [2.75, 3.05) is 5.32 Å². The van der Waals surface area contributed by atoms with Gasteiger partial charge in [-0.05, 0) is 24.3 Å². The molecule has 5 nitrogen and oxygen atoms in total. The highest BCUT2D eigenvalue weighted by molar-refractivity contribution is 6.30. The van der Waals surface area contributed by atoms with Gasteiger partial charge in [0.1, 0.15) is 11.8 Å². The van der Waals surface area contributed by atoms with Gasteiger partial charge >= 0.3 is 0 Å². The summed E-state index contributed by atoms with van der Waals surface area (Å²) in [4.78, 5) is 10.4. The number of hydrogen-bond donors (Lipinski definition) is 1. The van der Waals surface area contributed by atoms with E-state index in [1.54, 1.807) is 30.3 Å². The molecule has 1 N–H and O–H groups in total. The van der Waals surface area contributed by atoms with Crippen molar-refractivity contribution in [3.8, 4) is 6.07 Å². The number of hydrogen-bond acceptors (Lipinski definition) is 4. The van der Waals surface area contributed by atoms with E-state index in [4.69, 9.17) is 16.9 Å². The van der Waals surface area contributed by atoms with Crippen LogP contribution in [0.15, 0.2) is 42.5 Å². The first kappa shape index (κ1) is 12.9. The predicted molar refractivity (Wildman–Crippen MR) is 72.5 cm³/mol. The SMILES string of the molecule is N#[14C]c1ccccc1Nc1ccc(Cl)cc1[N+](=O)[O-]. The molecular weight excluding hydrogens is 268 g/mol. The average Bonchev–Trinajstić information content (AvgIpc) is 2.41. The molecule has 2 rings (SSSR count). The zero-order chi connectivity index (χ0) is 13.8. The Labute approximate surface area is 114 Å². The van der Waals surface area contributed by atoms with Gasteiger partial charge in [0.25, 0.3) is 5.69 Å². The lowest BCUT2D eigenvalue weighted by Gasteiger charge is -2.08. The van der Waals surface area contributed by atoms with Crippen LogP contribution < -0.4 is 5.32 Å². The van der Waals surface area contributed by atoms with Crippen molar-refractivity contribution in [1.82, 2.24) is 0 Å². The Balaban J connectivity index is 2.44. The summed E-state index contributed by atoms with van der Waals surface area (Å²) in [5, 5.41) is 23.1. The Morgan fingerprint density at radius 2 is 1.95 bits per heavy atom. The smallest absolute Gasteiger partial charge is 0.294 e. The Morgan fingerprint density at radius 3 is 2.63 bits per heavy atom. The van der Waals surface area contributed by atoms with E-state index in [0.717, 1.165) is 0 Å². The number of rotatable bonds is 3. The summed E-state index contributed by atoms with van der Waals surface area (Å²) < 4.78 is 0. The van der Waals surface area contributed by atoms with Crippen molar-refractivity contribution < 1.29 is 4.92 Å². The van der Waals surface area contributed by atoms with Crippen LogP contribution >= 0.6 is 11.6 Å². The number of anilines is 2. The lowest BCUT2D eigenvalue weighted by molar-refractivity contribution is -0.383. The van der Waals surface area contributed by atoms with E-state index in [2.05, 4.69) is 5.32 Å². The van der Waals surface area contributed by atoms with E-state index in [1.165, 1.54) is 12.1 Å². The van der Waals surface area contributed by atoms with Crippen molar-refractivity contribution in [2.45, 2.75) is 0 Å². The van der Waals surface area contributed by atoms with Crippen molar-refractivity contribution in [3.05, 3.63) is 63.2 Å². The second kappa shape index (κ2) is 5.38. The Morgan fingerprint density at radius 1 is 1.21 bits per heavy atom. The van der Waals surface area contributed by atoms with Crippen LogP contribution in [0.5, 0.6) is 0 Å². The fraction of sp³-hybridized carbons (Fsp3) is 0. The first-order chi connectivity index (χ1) is 9.11. The van der Waals surface area contributed by atoms with Gasteiger partial charge in [-0.3, -0.25) is 10.1 Å². The second-order valence-corrected chi connectivity index (χ2v) is 4.14. The van der Waals surface area contributed by atoms with Crippen LogP contribution in [-0.4, -0.2) is 4.92 Å². The molecule has 2 aromatic rings. The van der Waals surface area contributed by atoms with E-state index < -0.39 is 4.92 Å². The highest BCUT2D eigenvalue weighted by atomic mass is 35.5. The number of benzene rings is 2. The molecule has 19 heavy (non-hydrogen) atoms. The molecule has 0 aliphatic carbocycles. The molecule has 0 unspecified atom stereocenters. The first-order valence-electron chi connectivity index (χ1n) is 5.32. The van der Waals surface area contributed by atoms with E-state index in [1.807, 2.05) is 6.07 Å². The lowest BCUT2D eigenvalue weighted by Crippen LogP contribution is -1.98. The fourth-order valence-corrected chi connectivity index (χ4v) is 1.76. The normalized spacial score (nSPS) is 9.68. The Hall–Kier alpha value is -2.58. The number of nitro groups is 1. The summed E-state index contributed by atoms with van der Waals surface area (Å²) in [6, 6.07) is 13.1. The lowest BCUT2D eigenvalue weighted by atomic mass is 10.2. The summed E-state index contributed by atoms with van der Waals surface area (Å²) in [6.07, 6.45) is 0. The van der Waals surface area contributed by atoms with E-state index in [9.17, 15) is 10.1 Å². The zero-order valence-corrected chi connectivity index (χ0v) is 10.4. The number of nitro benzene ring substituents is 1. The predicted octanol–water partition coefficient (Wildman–Crippen LogP) is 3.86. The largest absolute Gasteiger partial charge is 0.349 e. The quantitative estimate of drug-likeness (QED) is 0.681. The van der Waals surface area contributed by atoms with Crippen molar-refractivity contribution >= 4 is 28.7 Å². The molecule has 0 aliphatic heterocycles. The molecule has 0 radical (unpaired) electrons. The van der Waals surface area contributed by atoms with Crippen LogP contribution in [0.3, 0.4) is 0 Å². The fourth-order valence-electron chi connectivity index (χ4n) is 1.60. The molecule has 0 amide bonds. The van der Waals surface area contributed by atoms with Crippen LogP contribution in [0, 0.1) is 21.4 Å². The molecule has 0 aliphatic rings. The first-order valence-corrected chi connectivity index (χ1v) is 5.69. The molecular formula is C13H8ClN3O2. The van der Waals surface area contributed by atoms with Crippen LogP contribution in [0.1, 0.15) is 5.56 Å². The summed E-state index contributed by atoms with van der Waals surface area (Å²) in [5.74, 6) is 0. The minimum absolute atomic E-state index is 0.139. The second-order valence-electron chi connectivity index (χ2n) is 3.70. The molecule has 94 valence electrons. The molecule has 0 bridgehead atoms. The molecule has 2 aromatic carbocycles. The van der Waals surface area contributed by atoms with Crippen molar-refractivity contribution in [1.29, 1.82) is 5.26 Å². The van der Waals surface area contributed by atoms with Gasteiger partial charge in [-0.15, -0.1) is 0 Å². The summed E-state index contributed by atoms with van der Waals surface area (Å²) in [5.41, 5.74) is 1.07. The maximum Gasteiger partial charge on any atom is 0.294 e. The number of para-hydroxylation sites is 1. The van der Waals surface area contributed by atoms with Crippen LogP contribution in [0.2, 0.25) is 5.02 Å². The molecule has 0 saturated heterocycles. The Bertz CT molecular complexity index is 680. The van der Waals surface area contributed by atoms with Crippen LogP contribution in [-0.2, 0) is 0 Å². The van der Waals surface area contributed by atoms with E-state index in [0.29, 0.717) is 11.3 Å². The van der Waals surface area contributed by atoms with Crippen molar-refractivity contribution in [3.63, 3.8) is 0 Å². The molecule has 0 spiro atoms. The van der Waals surface area contributed by atoms with Gasteiger partial charge in [-0.2, -0.15) is 5.26 Å². The molecule has 0 aromatic heterocycles. The number of nitrogens with zero attached hydrogens (tertiary/aromatic N) is 2. The van der Waals surface area contributed by atoms with Gasteiger partial charge in [0.05, 0.1) is 16.2 Å². The van der Waals surface area contributed by atoms with Crippen LogP contribution in [0.4, 0.5) is 17.1 Å². The highest BCUT2D eigenvalue weighted by Crippen LogP contribution is 2.31. The third kappa shape index (κ3) is 2.81. The third-order valence-corrected chi connectivity index (χ3v) is 2.71. The number of halogens is 1. The van der Waals surface area contributed by atoms with Gasteiger partial charge in [0.15, 0.2) is 0 Å². The number of nitriles is 1.